The lowest BCUT2D eigenvalue weighted by Crippen LogP contribution is -2.25. The van der Waals surface area contributed by atoms with Crippen LogP contribution in [0.2, 0.25) is 0 Å². The van der Waals surface area contributed by atoms with Crippen molar-refractivity contribution >= 4 is 5.97 Å². The van der Waals surface area contributed by atoms with Crippen LogP contribution < -0.4 is 0 Å². The molecule has 0 aromatic rings. The number of rotatable bonds is 2. The third kappa shape index (κ3) is 3.16. The Morgan fingerprint density at radius 3 is 2.86 bits per heavy atom. The average molecular weight is 196 g/mol. The first kappa shape index (κ1) is 10.7. The van der Waals surface area contributed by atoms with E-state index in [1.807, 2.05) is 0 Å². The molecule has 0 radical (unpaired) electrons. The fourth-order valence-corrected chi connectivity index (χ4v) is 0.990. The smallest absolute Gasteiger partial charge is 0.330 e. The lowest BCUT2D eigenvalue weighted by atomic mass is 10.0. The molecule has 2 N–H and O–H groups in total. The zero-order valence-electron chi connectivity index (χ0n) is 7.80. The Morgan fingerprint density at radius 2 is 2.36 bits per heavy atom. The predicted molar refractivity (Wildman–Crippen MR) is 50.2 cm³/mol. The Hall–Kier alpha value is -1.39. The van der Waals surface area contributed by atoms with Crippen LogP contribution >= 0.6 is 0 Å². The minimum atomic E-state index is -1.76. The van der Waals surface area contributed by atoms with E-state index in [0.29, 0.717) is 0 Å². The highest BCUT2D eigenvalue weighted by Crippen LogP contribution is 2.18. The zero-order chi connectivity index (χ0) is 10.6. The molecule has 0 aliphatic heterocycles. The SMILES string of the molecule is COC(=O)/C=C/C1=CCC(O)(O)C=C1. The van der Waals surface area contributed by atoms with Gasteiger partial charge in [-0.3, -0.25) is 0 Å². The van der Waals surface area contributed by atoms with Gasteiger partial charge >= 0.3 is 5.97 Å². The standard InChI is InChI=1S/C10H12O4/c1-14-9(11)3-2-8-4-6-10(12,13)7-5-8/h2-6,12-13H,7H2,1H3/b3-2+. The van der Waals surface area contributed by atoms with Crippen molar-refractivity contribution in [1.29, 1.82) is 0 Å². The molecule has 0 spiro atoms. The van der Waals surface area contributed by atoms with Crippen LogP contribution in [0.1, 0.15) is 6.42 Å². The number of esters is 1. The van der Waals surface area contributed by atoms with Gasteiger partial charge in [-0.2, -0.15) is 0 Å². The van der Waals surface area contributed by atoms with Gasteiger partial charge in [0.05, 0.1) is 7.11 Å². The summed E-state index contributed by atoms with van der Waals surface area (Å²) in [6, 6.07) is 0. The van der Waals surface area contributed by atoms with Crippen LogP contribution in [0.4, 0.5) is 0 Å². The molecular formula is C10H12O4. The maximum Gasteiger partial charge on any atom is 0.330 e. The van der Waals surface area contributed by atoms with Gasteiger partial charge < -0.3 is 14.9 Å². The number of ether oxygens (including phenoxy) is 1. The molecule has 0 fully saturated rings. The number of carbonyl (C=O) groups excluding carboxylic acids is 1. The van der Waals surface area contributed by atoms with E-state index in [1.165, 1.54) is 25.3 Å². The second kappa shape index (κ2) is 4.21. The minimum Gasteiger partial charge on any atom is -0.466 e. The number of carbonyl (C=O) groups is 1. The molecule has 0 saturated heterocycles. The Labute approximate surface area is 81.8 Å². The van der Waals surface area contributed by atoms with Crippen molar-refractivity contribution < 1.29 is 19.7 Å². The van der Waals surface area contributed by atoms with Crippen LogP contribution in [-0.2, 0) is 9.53 Å². The second-order valence-electron chi connectivity index (χ2n) is 2.98. The lowest BCUT2D eigenvalue weighted by Gasteiger charge is -2.18. The molecule has 0 aromatic carbocycles. The van der Waals surface area contributed by atoms with Gasteiger partial charge in [-0.25, -0.2) is 4.79 Å². The summed E-state index contributed by atoms with van der Waals surface area (Å²) in [7, 11) is 1.30. The van der Waals surface area contributed by atoms with Crippen molar-refractivity contribution in [2.24, 2.45) is 0 Å². The summed E-state index contributed by atoms with van der Waals surface area (Å²) >= 11 is 0. The largest absolute Gasteiger partial charge is 0.466 e. The maximum absolute atomic E-state index is 10.7. The fraction of sp³-hybridized carbons (Fsp3) is 0.300. The molecule has 0 saturated carbocycles. The third-order valence-electron chi connectivity index (χ3n) is 1.79. The summed E-state index contributed by atoms with van der Waals surface area (Å²) in [4.78, 5) is 10.7. The van der Waals surface area contributed by atoms with Gasteiger partial charge in [-0.15, -0.1) is 0 Å². The van der Waals surface area contributed by atoms with Crippen LogP contribution in [0.15, 0.2) is 36.0 Å². The first-order valence-electron chi connectivity index (χ1n) is 4.14. The lowest BCUT2D eigenvalue weighted by molar-refractivity contribution is -0.134. The summed E-state index contributed by atoms with van der Waals surface area (Å²) in [6.45, 7) is 0. The summed E-state index contributed by atoms with van der Waals surface area (Å²) in [5.41, 5.74) is 0.745. The van der Waals surface area contributed by atoms with Crippen LogP contribution in [0.3, 0.4) is 0 Å². The topological polar surface area (TPSA) is 66.8 Å². The highest BCUT2D eigenvalue weighted by atomic mass is 16.5. The van der Waals surface area contributed by atoms with E-state index in [9.17, 15) is 4.79 Å². The average Bonchev–Trinajstić information content (AvgIpc) is 2.16. The normalized spacial score (nSPS) is 19.5. The fourth-order valence-electron chi connectivity index (χ4n) is 0.990. The molecule has 1 aliphatic rings. The Balaban J connectivity index is 2.58. The van der Waals surface area contributed by atoms with E-state index < -0.39 is 11.8 Å². The summed E-state index contributed by atoms with van der Waals surface area (Å²) in [5.74, 6) is -2.20. The molecule has 4 nitrogen and oxygen atoms in total. The Kier molecular flexibility index (Phi) is 3.22. The molecule has 4 heteroatoms. The number of allylic oxidation sites excluding steroid dienone is 3. The van der Waals surface area contributed by atoms with Gasteiger partial charge in [-0.1, -0.05) is 12.2 Å². The van der Waals surface area contributed by atoms with E-state index in [2.05, 4.69) is 4.74 Å². The van der Waals surface area contributed by atoms with Gasteiger partial charge in [0, 0.05) is 12.5 Å². The first-order chi connectivity index (χ1) is 6.53. The van der Waals surface area contributed by atoms with Gasteiger partial charge in [0.1, 0.15) is 0 Å². The van der Waals surface area contributed by atoms with Crippen molar-refractivity contribution in [3.63, 3.8) is 0 Å². The Morgan fingerprint density at radius 1 is 1.64 bits per heavy atom. The number of aliphatic hydroxyl groups is 2. The van der Waals surface area contributed by atoms with Gasteiger partial charge in [0.15, 0.2) is 5.79 Å². The van der Waals surface area contributed by atoms with E-state index in [0.717, 1.165) is 5.57 Å². The molecular weight excluding hydrogens is 184 g/mol. The minimum absolute atomic E-state index is 0.115. The zero-order valence-corrected chi connectivity index (χ0v) is 7.80. The second-order valence-corrected chi connectivity index (χ2v) is 2.98. The van der Waals surface area contributed by atoms with E-state index in [4.69, 9.17) is 10.2 Å². The molecule has 0 unspecified atom stereocenters. The van der Waals surface area contributed by atoms with Crippen LogP contribution in [0, 0.1) is 0 Å². The molecule has 76 valence electrons. The number of hydrogen-bond acceptors (Lipinski definition) is 4. The number of hydrogen-bond donors (Lipinski definition) is 2. The number of methoxy groups -OCH3 is 1. The van der Waals surface area contributed by atoms with Crippen molar-refractivity contribution in [2.75, 3.05) is 7.11 Å². The first-order valence-corrected chi connectivity index (χ1v) is 4.14. The molecule has 0 heterocycles. The van der Waals surface area contributed by atoms with Crippen LogP contribution in [0.25, 0.3) is 0 Å². The maximum atomic E-state index is 10.7. The Bertz CT molecular complexity index is 310. The molecule has 1 aliphatic carbocycles. The molecule has 0 bridgehead atoms. The molecule has 1 rings (SSSR count). The summed E-state index contributed by atoms with van der Waals surface area (Å²) in [6.07, 6.45) is 7.37. The highest BCUT2D eigenvalue weighted by Gasteiger charge is 2.19. The van der Waals surface area contributed by atoms with Gasteiger partial charge in [-0.05, 0) is 17.7 Å². The predicted octanol–water partition coefficient (Wildman–Crippen LogP) is 0.283. The highest BCUT2D eigenvalue weighted by molar-refractivity contribution is 5.82. The van der Waals surface area contributed by atoms with E-state index in [-0.39, 0.29) is 6.42 Å². The van der Waals surface area contributed by atoms with Crippen LogP contribution in [0.5, 0.6) is 0 Å². The van der Waals surface area contributed by atoms with Gasteiger partial charge in [0.25, 0.3) is 0 Å². The molecule has 14 heavy (non-hydrogen) atoms. The van der Waals surface area contributed by atoms with Crippen molar-refractivity contribution in [3.8, 4) is 0 Å². The molecule has 0 atom stereocenters. The molecule has 0 aromatic heterocycles. The summed E-state index contributed by atoms with van der Waals surface area (Å²) in [5, 5.41) is 18.2. The quantitative estimate of drug-likeness (QED) is 0.378. The van der Waals surface area contributed by atoms with E-state index in [1.54, 1.807) is 12.2 Å². The molecule has 0 amide bonds. The van der Waals surface area contributed by atoms with E-state index >= 15 is 0 Å². The summed E-state index contributed by atoms with van der Waals surface area (Å²) < 4.78 is 4.41. The van der Waals surface area contributed by atoms with Crippen LogP contribution in [-0.4, -0.2) is 29.1 Å². The third-order valence-corrected chi connectivity index (χ3v) is 1.79. The monoisotopic (exact) mass is 196 g/mol. The van der Waals surface area contributed by atoms with Crippen molar-refractivity contribution in [2.45, 2.75) is 12.2 Å². The van der Waals surface area contributed by atoms with Crippen molar-refractivity contribution in [3.05, 3.63) is 36.0 Å². The van der Waals surface area contributed by atoms with Gasteiger partial charge in [0.2, 0.25) is 0 Å². The van der Waals surface area contributed by atoms with Crippen molar-refractivity contribution in [1.82, 2.24) is 0 Å².